The van der Waals surface area contributed by atoms with Crippen LogP contribution in [0.5, 0.6) is 11.5 Å². The topological polar surface area (TPSA) is 80.3 Å². The maximum absolute atomic E-state index is 8.57. The van der Waals surface area contributed by atoms with Gasteiger partial charge in [0.05, 0.1) is 13.2 Å². The second-order valence-corrected chi connectivity index (χ2v) is 4.19. The van der Waals surface area contributed by atoms with Gasteiger partial charge in [0.1, 0.15) is 6.61 Å². The van der Waals surface area contributed by atoms with E-state index in [4.69, 9.17) is 20.4 Å². The first-order valence-corrected chi connectivity index (χ1v) is 6.74. The lowest BCUT2D eigenvalue weighted by Crippen LogP contribution is -2.36. The molecule has 0 fully saturated rings. The number of hydrogen-bond acceptors (Lipinski definition) is 5. The molecule has 112 valence electrons. The number of hydrogen-bond donors (Lipinski definition) is 2. The maximum atomic E-state index is 8.57. The van der Waals surface area contributed by atoms with Crippen molar-refractivity contribution in [2.45, 2.75) is 13.8 Å². The number of likely N-dealkylation sites (N-methyl/N-ethyl adjacent to an activating group) is 1. The molecule has 20 heavy (non-hydrogen) atoms. The second kappa shape index (κ2) is 9.03. The van der Waals surface area contributed by atoms with E-state index in [2.05, 4.69) is 5.16 Å². The average molecular weight is 281 g/mol. The Bertz CT molecular complexity index is 424. The number of nitrogens with zero attached hydrogens (tertiary/aromatic N) is 2. The van der Waals surface area contributed by atoms with E-state index in [-0.39, 0.29) is 5.84 Å². The molecule has 0 bridgehead atoms. The van der Waals surface area contributed by atoms with Crippen molar-refractivity contribution in [2.24, 2.45) is 10.9 Å². The third-order valence-corrected chi connectivity index (χ3v) is 2.78. The minimum atomic E-state index is 0.196. The van der Waals surface area contributed by atoms with Crippen LogP contribution >= 0.6 is 0 Å². The molecule has 0 heterocycles. The van der Waals surface area contributed by atoms with Crippen molar-refractivity contribution in [3.8, 4) is 11.5 Å². The summed E-state index contributed by atoms with van der Waals surface area (Å²) >= 11 is 0. The highest BCUT2D eigenvalue weighted by molar-refractivity contribution is 5.81. The van der Waals surface area contributed by atoms with E-state index < -0.39 is 0 Å². The van der Waals surface area contributed by atoms with Crippen molar-refractivity contribution < 1.29 is 14.7 Å². The summed E-state index contributed by atoms with van der Waals surface area (Å²) in [4.78, 5) is 2.03. The van der Waals surface area contributed by atoms with E-state index in [1.807, 2.05) is 43.0 Å². The van der Waals surface area contributed by atoms with E-state index >= 15 is 0 Å². The van der Waals surface area contributed by atoms with E-state index in [1.165, 1.54) is 0 Å². The molecule has 0 saturated carbocycles. The summed E-state index contributed by atoms with van der Waals surface area (Å²) in [5, 5.41) is 11.5. The van der Waals surface area contributed by atoms with Gasteiger partial charge in [-0.1, -0.05) is 24.2 Å². The molecule has 1 aromatic carbocycles. The zero-order chi connectivity index (χ0) is 14.8. The second-order valence-electron chi connectivity index (χ2n) is 4.19. The van der Waals surface area contributed by atoms with Crippen molar-refractivity contribution in [3.63, 3.8) is 0 Å². The van der Waals surface area contributed by atoms with Crippen LogP contribution in [0.15, 0.2) is 29.4 Å². The highest BCUT2D eigenvalue weighted by Gasteiger charge is 2.07. The number of benzene rings is 1. The van der Waals surface area contributed by atoms with E-state index in [0.29, 0.717) is 26.3 Å². The fourth-order valence-electron chi connectivity index (χ4n) is 1.74. The molecule has 0 saturated heterocycles. The third-order valence-electron chi connectivity index (χ3n) is 2.78. The zero-order valence-corrected chi connectivity index (χ0v) is 12.1. The lowest BCUT2D eigenvalue weighted by molar-refractivity contribution is 0.221. The number of oxime groups is 1. The molecule has 0 aliphatic rings. The van der Waals surface area contributed by atoms with Gasteiger partial charge in [-0.15, -0.1) is 0 Å². The first-order valence-electron chi connectivity index (χ1n) is 6.74. The fraction of sp³-hybridized carbons (Fsp3) is 0.500. The van der Waals surface area contributed by atoms with Gasteiger partial charge in [0, 0.05) is 6.54 Å². The Hall–Kier alpha value is -1.95. The molecular weight excluding hydrogens is 258 g/mol. The van der Waals surface area contributed by atoms with Crippen molar-refractivity contribution in [3.05, 3.63) is 24.3 Å². The summed E-state index contributed by atoms with van der Waals surface area (Å²) in [6.45, 7) is 6.97. The van der Waals surface area contributed by atoms with Gasteiger partial charge in [0.25, 0.3) is 0 Å². The Morgan fingerprint density at radius 3 is 2.45 bits per heavy atom. The Morgan fingerprint density at radius 2 is 1.90 bits per heavy atom. The predicted molar refractivity (Wildman–Crippen MR) is 78.6 cm³/mol. The van der Waals surface area contributed by atoms with Crippen LogP contribution in [0.3, 0.4) is 0 Å². The van der Waals surface area contributed by atoms with Crippen molar-refractivity contribution >= 4 is 5.84 Å². The molecule has 0 spiro atoms. The molecule has 6 heteroatoms. The zero-order valence-electron chi connectivity index (χ0n) is 12.1. The lowest BCUT2D eigenvalue weighted by Gasteiger charge is -2.20. The molecule has 1 rings (SSSR count). The molecular formula is C14H23N3O3. The molecule has 0 aliphatic carbocycles. The number of ether oxygens (including phenoxy) is 2. The summed E-state index contributed by atoms with van der Waals surface area (Å²) in [6.07, 6.45) is 0. The molecule has 1 aromatic rings. The van der Waals surface area contributed by atoms with Gasteiger partial charge in [-0.2, -0.15) is 0 Å². The Balaban J connectivity index is 2.46. The summed E-state index contributed by atoms with van der Waals surface area (Å²) < 4.78 is 11.2. The van der Waals surface area contributed by atoms with Crippen LogP contribution in [-0.4, -0.2) is 48.8 Å². The predicted octanol–water partition coefficient (Wildman–Crippen LogP) is 1.53. The van der Waals surface area contributed by atoms with Crippen molar-refractivity contribution in [1.82, 2.24) is 4.90 Å². The van der Waals surface area contributed by atoms with Gasteiger partial charge >= 0.3 is 0 Å². The Kier molecular flexibility index (Phi) is 7.27. The minimum Gasteiger partial charge on any atom is -0.490 e. The Labute approximate surface area is 119 Å². The largest absolute Gasteiger partial charge is 0.490 e. The molecule has 0 amide bonds. The summed E-state index contributed by atoms with van der Waals surface area (Å²) in [7, 11) is 0. The highest BCUT2D eigenvalue weighted by atomic mass is 16.5. The van der Waals surface area contributed by atoms with Gasteiger partial charge in [0.15, 0.2) is 17.3 Å². The van der Waals surface area contributed by atoms with Crippen LogP contribution in [0, 0.1) is 0 Å². The van der Waals surface area contributed by atoms with Crippen LogP contribution in [-0.2, 0) is 0 Å². The summed E-state index contributed by atoms with van der Waals surface area (Å²) in [5.41, 5.74) is 5.49. The third kappa shape index (κ3) is 5.36. The number of para-hydroxylation sites is 2. The van der Waals surface area contributed by atoms with E-state index in [9.17, 15) is 0 Å². The first kappa shape index (κ1) is 16.1. The van der Waals surface area contributed by atoms with Crippen LogP contribution < -0.4 is 15.2 Å². The van der Waals surface area contributed by atoms with Gasteiger partial charge in [-0.25, -0.2) is 0 Å². The van der Waals surface area contributed by atoms with E-state index in [1.54, 1.807) is 0 Å². The first-order chi connectivity index (χ1) is 9.71. The molecule has 6 nitrogen and oxygen atoms in total. The number of amidine groups is 1. The normalized spacial score (nSPS) is 11.7. The molecule has 0 radical (unpaired) electrons. The average Bonchev–Trinajstić information content (AvgIpc) is 2.48. The summed E-state index contributed by atoms with van der Waals surface area (Å²) in [6, 6.07) is 7.58. The molecule has 0 atom stereocenters. The summed E-state index contributed by atoms with van der Waals surface area (Å²) in [5.74, 6) is 1.67. The van der Waals surface area contributed by atoms with Crippen LogP contribution in [0.1, 0.15) is 13.8 Å². The van der Waals surface area contributed by atoms with Gasteiger partial charge in [-0.05, 0) is 25.6 Å². The van der Waals surface area contributed by atoms with Crippen LogP contribution in [0.4, 0.5) is 0 Å². The molecule has 3 N–H and O–H groups in total. The molecule has 0 aromatic heterocycles. The monoisotopic (exact) mass is 281 g/mol. The number of rotatable bonds is 9. The highest BCUT2D eigenvalue weighted by Crippen LogP contribution is 2.26. The lowest BCUT2D eigenvalue weighted by atomic mass is 10.3. The Morgan fingerprint density at radius 1 is 1.25 bits per heavy atom. The van der Waals surface area contributed by atoms with Crippen LogP contribution in [0.2, 0.25) is 0 Å². The van der Waals surface area contributed by atoms with Gasteiger partial charge in [0.2, 0.25) is 0 Å². The van der Waals surface area contributed by atoms with Crippen LogP contribution in [0.25, 0.3) is 0 Å². The maximum Gasteiger partial charge on any atom is 0.161 e. The molecule has 0 unspecified atom stereocenters. The molecule has 0 aliphatic heterocycles. The quantitative estimate of drug-likeness (QED) is 0.310. The van der Waals surface area contributed by atoms with E-state index in [0.717, 1.165) is 18.0 Å². The van der Waals surface area contributed by atoms with Crippen molar-refractivity contribution in [1.29, 1.82) is 0 Å². The smallest absolute Gasteiger partial charge is 0.161 e. The standard InChI is InChI=1S/C14H23N3O3/c1-3-17(11-14(15)16-18)9-10-20-13-8-6-5-7-12(13)19-4-2/h5-8,18H,3-4,9-11H2,1-2H3,(H2,15,16). The minimum absolute atomic E-state index is 0.196. The SMILES string of the molecule is CCOc1ccccc1OCCN(CC)CC(N)=NO. The van der Waals surface area contributed by atoms with Crippen molar-refractivity contribution in [2.75, 3.05) is 32.8 Å². The fourth-order valence-corrected chi connectivity index (χ4v) is 1.74. The van der Waals surface area contributed by atoms with Gasteiger partial charge < -0.3 is 20.4 Å². The van der Waals surface area contributed by atoms with Gasteiger partial charge in [-0.3, -0.25) is 4.90 Å². The number of nitrogens with two attached hydrogens (primary N) is 1.